The zero-order valence-electron chi connectivity index (χ0n) is 19.8. The molecule has 0 aromatic rings. The van der Waals surface area contributed by atoms with E-state index in [9.17, 15) is 14.4 Å². The average molecular weight is 439 g/mol. The maximum absolute atomic E-state index is 12.5. The van der Waals surface area contributed by atoms with Crippen molar-refractivity contribution in [2.45, 2.75) is 65.4 Å². The van der Waals surface area contributed by atoms with Crippen molar-refractivity contribution in [2.75, 3.05) is 27.9 Å². The van der Waals surface area contributed by atoms with Gasteiger partial charge in [0, 0.05) is 5.92 Å². The molecule has 0 heterocycles. The van der Waals surface area contributed by atoms with Crippen molar-refractivity contribution in [1.82, 2.24) is 0 Å². The summed E-state index contributed by atoms with van der Waals surface area (Å²) in [4.78, 5) is 36.8. The van der Waals surface area contributed by atoms with Crippen LogP contribution in [0.3, 0.4) is 0 Å². The number of ether oxygens (including phenoxy) is 4. The zero-order valence-corrected chi connectivity index (χ0v) is 19.8. The van der Waals surface area contributed by atoms with E-state index in [1.165, 1.54) is 27.8 Å². The molecule has 2 fully saturated rings. The standard InChI is InChI=1S/C24H38O7/c1-15-9-10-18-23(2,3)11-8-12-24(18,4)17(15)14-31-20(22(27)30-7)16(21(26)29-6)13-19(25)28-5/h16-18,20H,1,8-14H2,2-7H3/t16-,17-,18?,20-,24+/m0/s1. The maximum Gasteiger partial charge on any atom is 0.335 e. The third kappa shape index (κ3) is 5.30. The van der Waals surface area contributed by atoms with Gasteiger partial charge in [0.15, 0.2) is 6.10 Å². The Morgan fingerprint density at radius 3 is 2.26 bits per heavy atom. The summed E-state index contributed by atoms with van der Waals surface area (Å²) in [5.74, 6) is -2.63. The van der Waals surface area contributed by atoms with Gasteiger partial charge >= 0.3 is 17.9 Å². The topological polar surface area (TPSA) is 88.1 Å². The van der Waals surface area contributed by atoms with Crippen LogP contribution in [-0.4, -0.2) is 51.9 Å². The Morgan fingerprint density at radius 1 is 1.03 bits per heavy atom. The van der Waals surface area contributed by atoms with Crippen LogP contribution < -0.4 is 0 Å². The summed E-state index contributed by atoms with van der Waals surface area (Å²) in [6.45, 7) is 11.5. The van der Waals surface area contributed by atoms with Gasteiger partial charge in [0.05, 0.1) is 34.4 Å². The molecule has 0 aromatic carbocycles. The summed E-state index contributed by atoms with van der Waals surface area (Å²) < 4.78 is 20.5. The van der Waals surface area contributed by atoms with Crippen molar-refractivity contribution in [3.63, 3.8) is 0 Å². The molecule has 0 N–H and O–H groups in total. The summed E-state index contributed by atoms with van der Waals surface area (Å²) in [6.07, 6.45) is 3.83. The van der Waals surface area contributed by atoms with Gasteiger partial charge in [-0.1, -0.05) is 39.3 Å². The minimum absolute atomic E-state index is 0.000857. The molecule has 0 aliphatic heterocycles. The van der Waals surface area contributed by atoms with E-state index >= 15 is 0 Å². The van der Waals surface area contributed by atoms with Gasteiger partial charge in [0.25, 0.3) is 0 Å². The molecule has 0 radical (unpaired) electrons. The molecule has 1 unspecified atom stereocenters. The van der Waals surface area contributed by atoms with Crippen molar-refractivity contribution >= 4 is 17.9 Å². The molecule has 2 saturated carbocycles. The Balaban J connectivity index is 2.28. The molecule has 176 valence electrons. The van der Waals surface area contributed by atoms with E-state index < -0.39 is 29.9 Å². The van der Waals surface area contributed by atoms with E-state index in [0.717, 1.165) is 31.3 Å². The van der Waals surface area contributed by atoms with E-state index in [0.29, 0.717) is 5.92 Å². The molecule has 7 heteroatoms. The van der Waals surface area contributed by atoms with Gasteiger partial charge < -0.3 is 18.9 Å². The second kappa shape index (κ2) is 10.2. The van der Waals surface area contributed by atoms with Crippen LogP contribution in [0.5, 0.6) is 0 Å². The van der Waals surface area contributed by atoms with Gasteiger partial charge in [-0.15, -0.1) is 0 Å². The number of esters is 3. The Labute approximate surface area is 185 Å². The van der Waals surface area contributed by atoms with Gasteiger partial charge in [0.1, 0.15) is 5.92 Å². The third-order valence-electron chi connectivity index (χ3n) is 7.68. The lowest BCUT2D eigenvalue weighted by atomic mass is 9.48. The molecule has 2 rings (SSSR count). The predicted octanol–water partition coefficient (Wildman–Crippen LogP) is 3.70. The van der Waals surface area contributed by atoms with Crippen LogP contribution in [0.4, 0.5) is 0 Å². The molecule has 5 atom stereocenters. The summed E-state index contributed by atoms with van der Waals surface area (Å²) in [6, 6.07) is 0. The largest absolute Gasteiger partial charge is 0.469 e. The number of carbonyl (C=O) groups excluding carboxylic acids is 3. The molecule has 2 aliphatic carbocycles. The molecule has 0 amide bonds. The highest BCUT2D eigenvalue weighted by Gasteiger charge is 2.53. The van der Waals surface area contributed by atoms with E-state index in [4.69, 9.17) is 18.9 Å². The first-order valence-corrected chi connectivity index (χ1v) is 11.0. The van der Waals surface area contributed by atoms with E-state index in [-0.39, 0.29) is 29.8 Å². The van der Waals surface area contributed by atoms with Crippen LogP contribution in [0.1, 0.15) is 59.3 Å². The molecule has 0 bridgehead atoms. The van der Waals surface area contributed by atoms with Gasteiger partial charge in [-0.25, -0.2) is 4.79 Å². The summed E-state index contributed by atoms with van der Waals surface area (Å²) in [5, 5.41) is 0. The monoisotopic (exact) mass is 438 g/mol. The molecule has 0 saturated heterocycles. The number of rotatable bonds is 8. The lowest BCUT2D eigenvalue weighted by Crippen LogP contribution is -2.51. The number of hydrogen-bond acceptors (Lipinski definition) is 7. The zero-order chi connectivity index (χ0) is 23.4. The van der Waals surface area contributed by atoms with Crippen molar-refractivity contribution in [1.29, 1.82) is 0 Å². The third-order valence-corrected chi connectivity index (χ3v) is 7.68. The van der Waals surface area contributed by atoms with Crippen LogP contribution in [0.2, 0.25) is 0 Å². The molecular weight excluding hydrogens is 400 g/mol. The van der Waals surface area contributed by atoms with E-state index in [1.54, 1.807) is 0 Å². The highest BCUT2D eigenvalue weighted by molar-refractivity contribution is 5.87. The van der Waals surface area contributed by atoms with Gasteiger partial charge in [-0.05, 0) is 42.4 Å². The lowest BCUT2D eigenvalue weighted by Gasteiger charge is -2.58. The SMILES string of the molecule is C=C1CCC2C(C)(C)CCC[C@]2(C)[C@H]1CO[C@H](C(=O)OC)[C@H](CC(=O)OC)C(=O)OC. The fourth-order valence-corrected chi connectivity index (χ4v) is 5.97. The minimum Gasteiger partial charge on any atom is -0.469 e. The first kappa shape index (κ1) is 25.4. The fraction of sp³-hybridized carbons (Fsp3) is 0.792. The van der Waals surface area contributed by atoms with Crippen LogP contribution in [0.15, 0.2) is 12.2 Å². The Morgan fingerprint density at radius 2 is 1.68 bits per heavy atom. The minimum atomic E-state index is -1.26. The van der Waals surface area contributed by atoms with Crippen molar-refractivity contribution < 1.29 is 33.3 Å². The summed E-state index contributed by atoms with van der Waals surface area (Å²) in [5.41, 5.74) is 1.34. The van der Waals surface area contributed by atoms with Gasteiger partial charge in [0.2, 0.25) is 0 Å². The molecule has 31 heavy (non-hydrogen) atoms. The Hall–Kier alpha value is -1.89. The predicted molar refractivity (Wildman–Crippen MR) is 115 cm³/mol. The first-order valence-electron chi connectivity index (χ1n) is 11.0. The van der Waals surface area contributed by atoms with Gasteiger partial charge in [-0.3, -0.25) is 9.59 Å². The van der Waals surface area contributed by atoms with Crippen LogP contribution >= 0.6 is 0 Å². The maximum atomic E-state index is 12.5. The van der Waals surface area contributed by atoms with Crippen LogP contribution in [-0.2, 0) is 33.3 Å². The highest BCUT2D eigenvalue weighted by Crippen LogP contribution is 2.60. The second-order valence-electron chi connectivity index (χ2n) is 9.84. The Bertz CT molecular complexity index is 698. The molecular formula is C24H38O7. The normalized spacial score (nSPS) is 29.3. The number of hydrogen-bond donors (Lipinski definition) is 0. The van der Waals surface area contributed by atoms with Crippen molar-refractivity contribution in [3.8, 4) is 0 Å². The summed E-state index contributed by atoms with van der Waals surface area (Å²) in [7, 11) is 3.66. The van der Waals surface area contributed by atoms with Crippen molar-refractivity contribution in [2.24, 2.45) is 28.6 Å². The number of carbonyl (C=O) groups is 3. The summed E-state index contributed by atoms with van der Waals surface area (Å²) >= 11 is 0. The molecule has 2 aliphatic rings. The van der Waals surface area contributed by atoms with Crippen LogP contribution in [0, 0.1) is 28.6 Å². The molecule has 0 spiro atoms. The smallest absolute Gasteiger partial charge is 0.335 e. The van der Waals surface area contributed by atoms with E-state index in [1.807, 2.05) is 0 Å². The second-order valence-corrected chi connectivity index (χ2v) is 9.84. The average Bonchev–Trinajstić information content (AvgIpc) is 2.72. The highest BCUT2D eigenvalue weighted by atomic mass is 16.6. The van der Waals surface area contributed by atoms with Crippen molar-refractivity contribution in [3.05, 3.63) is 12.2 Å². The molecule has 0 aromatic heterocycles. The van der Waals surface area contributed by atoms with Crippen LogP contribution in [0.25, 0.3) is 0 Å². The Kier molecular flexibility index (Phi) is 8.31. The van der Waals surface area contributed by atoms with Gasteiger partial charge in [-0.2, -0.15) is 0 Å². The van der Waals surface area contributed by atoms with E-state index in [2.05, 4.69) is 27.4 Å². The number of methoxy groups -OCH3 is 3. The fourth-order valence-electron chi connectivity index (χ4n) is 5.97. The number of fused-ring (bicyclic) bond motifs is 1. The lowest BCUT2D eigenvalue weighted by molar-refractivity contribution is -0.174. The molecule has 7 nitrogen and oxygen atoms in total. The quantitative estimate of drug-likeness (QED) is 0.324. The first-order chi connectivity index (χ1) is 14.5.